The maximum atomic E-state index is 9.24. The molecule has 1 aromatic heterocycles. The molecule has 5 nitrogen and oxygen atoms in total. The third kappa shape index (κ3) is 2.93. The molecule has 0 aliphatic carbocycles. The molecular weight excluding hydrogens is 180 g/mol. The van der Waals surface area contributed by atoms with Crippen LogP contribution in [0.5, 0.6) is 0 Å². The quantitative estimate of drug-likeness (QED) is 0.622. The molecule has 0 aliphatic rings. The number of aliphatic hydroxyl groups excluding tert-OH is 1. The summed E-state index contributed by atoms with van der Waals surface area (Å²) in [7, 11) is 0. The van der Waals surface area contributed by atoms with Gasteiger partial charge in [0.05, 0.1) is 17.5 Å². The van der Waals surface area contributed by atoms with Gasteiger partial charge in [-0.05, 0) is 13.8 Å². The number of hydrogen-bond donors (Lipinski definition) is 3. The van der Waals surface area contributed by atoms with Crippen LogP contribution in [0.15, 0.2) is 6.20 Å². The van der Waals surface area contributed by atoms with Gasteiger partial charge in [0.15, 0.2) is 0 Å². The highest BCUT2D eigenvalue weighted by Crippen LogP contribution is 2.07. The third-order valence-electron chi connectivity index (χ3n) is 1.85. The lowest BCUT2D eigenvalue weighted by Gasteiger charge is -2.11. The first-order valence-corrected chi connectivity index (χ1v) is 4.55. The average Bonchev–Trinajstić information content (AvgIpc) is 2.19. The van der Waals surface area contributed by atoms with Crippen LogP contribution >= 0.6 is 0 Å². The second-order valence-electron chi connectivity index (χ2n) is 3.22. The zero-order valence-corrected chi connectivity index (χ0v) is 8.49. The highest BCUT2D eigenvalue weighted by atomic mass is 16.3. The van der Waals surface area contributed by atoms with Gasteiger partial charge in [-0.3, -0.25) is 4.98 Å². The molecule has 78 valence electrons. The molecule has 0 saturated heterocycles. The Kier molecular flexibility index (Phi) is 3.79. The Hall–Kier alpha value is -1.20. The maximum absolute atomic E-state index is 9.24. The lowest BCUT2D eigenvalue weighted by atomic mass is 10.3. The Morgan fingerprint density at radius 1 is 1.57 bits per heavy atom. The van der Waals surface area contributed by atoms with E-state index in [1.165, 1.54) is 0 Å². The van der Waals surface area contributed by atoms with Crippen molar-refractivity contribution in [2.45, 2.75) is 20.0 Å². The Bertz CT molecular complexity index is 303. The van der Waals surface area contributed by atoms with E-state index in [-0.39, 0.29) is 6.54 Å². The number of aromatic nitrogens is 2. The fourth-order valence-corrected chi connectivity index (χ4v) is 1.00. The van der Waals surface area contributed by atoms with E-state index in [1.54, 1.807) is 6.20 Å². The van der Waals surface area contributed by atoms with E-state index in [4.69, 9.17) is 5.73 Å². The number of aryl methyl sites for hydroxylation is 2. The Labute approximate surface area is 83.4 Å². The molecule has 4 N–H and O–H groups in total. The van der Waals surface area contributed by atoms with Crippen molar-refractivity contribution in [1.82, 2.24) is 9.97 Å². The normalized spacial score (nSPS) is 12.6. The van der Waals surface area contributed by atoms with E-state index >= 15 is 0 Å². The van der Waals surface area contributed by atoms with Crippen LogP contribution in [0.3, 0.4) is 0 Å². The fraction of sp³-hybridized carbons (Fsp3) is 0.556. The van der Waals surface area contributed by atoms with Gasteiger partial charge in [0, 0.05) is 19.3 Å². The average molecular weight is 196 g/mol. The predicted octanol–water partition coefficient (Wildman–Crippen LogP) is -0.175. The number of rotatable bonds is 4. The molecule has 1 aromatic rings. The number of hydrogen-bond acceptors (Lipinski definition) is 5. The van der Waals surface area contributed by atoms with Crippen LogP contribution in [0, 0.1) is 13.8 Å². The molecule has 0 amide bonds. The van der Waals surface area contributed by atoms with Crippen LogP contribution in [0.2, 0.25) is 0 Å². The maximum Gasteiger partial charge on any atom is 0.147 e. The molecule has 0 aromatic carbocycles. The molecule has 1 rings (SSSR count). The number of aliphatic hydroxyl groups is 1. The van der Waals surface area contributed by atoms with E-state index < -0.39 is 6.10 Å². The van der Waals surface area contributed by atoms with Gasteiger partial charge in [0.2, 0.25) is 0 Å². The van der Waals surface area contributed by atoms with Gasteiger partial charge in [-0.25, -0.2) is 4.98 Å². The molecule has 0 bridgehead atoms. The monoisotopic (exact) mass is 196 g/mol. The van der Waals surface area contributed by atoms with Crippen molar-refractivity contribution in [1.29, 1.82) is 0 Å². The topological polar surface area (TPSA) is 84.1 Å². The highest BCUT2D eigenvalue weighted by molar-refractivity contribution is 5.39. The fourth-order valence-electron chi connectivity index (χ4n) is 1.00. The van der Waals surface area contributed by atoms with E-state index in [9.17, 15) is 5.11 Å². The molecule has 1 heterocycles. The number of nitrogens with one attached hydrogen (secondary N) is 1. The third-order valence-corrected chi connectivity index (χ3v) is 1.85. The lowest BCUT2D eigenvalue weighted by molar-refractivity contribution is 0.196. The predicted molar refractivity (Wildman–Crippen MR) is 55.1 cm³/mol. The molecule has 5 heteroatoms. The van der Waals surface area contributed by atoms with E-state index in [0.717, 1.165) is 11.4 Å². The van der Waals surface area contributed by atoms with Gasteiger partial charge in [-0.1, -0.05) is 0 Å². The summed E-state index contributed by atoms with van der Waals surface area (Å²) in [5, 5.41) is 12.2. The first kappa shape index (κ1) is 10.9. The van der Waals surface area contributed by atoms with Gasteiger partial charge in [0.25, 0.3) is 0 Å². The van der Waals surface area contributed by atoms with Gasteiger partial charge < -0.3 is 16.2 Å². The van der Waals surface area contributed by atoms with Crippen molar-refractivity contribution in [3.8, 4) is 0 Å². The molecule has 0 radical (unpaired) electrons. The van der Waals surface area contributed by atoms with Crippen LogP contribution in [-0.2, 0) is 0 Å². The Morgan fingerprint density at radius 2 is 2.29 bits per heavy atom. The molecule has 14 heavy (non-hydrogen) atoms. The Balaban J connectivity index is 2.62. The second-order valence-corrected chi connectivity index (χ2v) is 3.22. The van der Waals surface area contributed by atoms with E-state index in [0.29, 0.717) is 12.4 Å². The first-order chi connectivity index (χ1) is 6.63. The molecule has 0 spiro atoms. The van der Waals surface area contributed by atoms with Gasteiger partial charge in [0.1, 0.15) is 5.82 Å². The van der Waals surface area contributed by atoms with Gasteiger partial charge in [-0.15, -0.1) is 0 Å². The summed E-state index contributed by atoms with van der Waals surface area (Å²) in [6.07, 6.45) is 1.16. The summed E-state index contributed by atoms with van der Waals surface area (Å²) in [4.78, 5) is 8.40. The lowest BCUT2D eigenvalue weighted by Crippen LogP contribution is -2.28. The van der Waals surface area contributed by atoms with Crippen LogP contribution in [0.1, 0.15) is 11.4 Å². The van der Waals surface area contributed by atoms with E-state index in [1.807, 2.05) is 13.8 Å². The molecule has 1 unspecified atom stereocenters. The van der Waals surface area contributed by atoms with Crippen molar-refractivity contribution in [2.24, 2.45) is 5.73 Å². The van der Waals surface area contributed by atoms with Gasteiger partial charge >= 0.3 is 0 Å². The molecule has 0 fully saturated rings. The van der Waals surface area contributed by atoms with Crippen LogP contribution < -0.4 is 11.1 Å². The minimum atomic E-state index is -0.545. The summed E-state index contributed by atoms with van der Waals surface area (Å²) < 4.78 is 0. The van der Waals surface area contributed by atoms with Crippen LogP contribution in [0.25, 0.3) is 0 Å². The summed E-state index contributed by atoms with van der Waals surface area (Å²) >= 11 is 0. The summed E-state index contributed by atoms with van der Waals surface area (Å²) in [6.45, 7) is 4.38. The van der Waals surface area contributed by atoms with Crippen molar-refractivity contribution in [3.63, 3.8) is 0 Å². The highest BCUT2D eigenvalue weighted by Gasteiger charge is 2.04. The van der Waals surface area contributed by atoms with Crippen molar-refractivity contribution < 1.29 is 5.11 Å². The van der Waals surface area contributed by atoms with Gasteiger partial charge in [-0.2, -0.15) is 0 Å². The molecule has 0 saturated carbocycles. The summed E-state index contributed by atoms with van der Waals surface area (Å²) in [5.41, 5.74) is 6.94. The second kappa shape index (κ2) is 4.88. The van der Waals surface area contributed by atoms with Crippen LogP contribution in [0.4, 0.5) is 5.82 Å². The molecular formula is C9H16N4O. The first-order valence-electron chi connectivity index (χ1n) is 4.55. The van der Waals surface area contributed by atoms with E-state index in [2.05, 4.69) is 15.3 Å². The summed E-state index contributed by atoms with van der Waals surface area (Å²) in [5.74, 6) is 0.706. The molecule has 1 atom stereocenters. The Morgan fingerprint density at radius 3 is 2.93 bits per heavy atom. The number of nitrogens with zero attached hydrogens (tertiary/aromatic N) is 2. The van der Waals surface area contributed by atoms with Crippen molar-refractivity contribution in [2.75, 3.05) is 18.4 Å². The van der Waals surface area contributed by atoms with Crippen molar-refractivity contribution >= 4 is 5.82 Å². The largest absolute Gasteiger partial charge is 0.390 e. The zero-order valence-electron chi connectivity index (χ0n) is 8.49. The number of nitrogens with two attached hydrogens (primary N) is 1. The van der Waals surface area contributed by atoms with Crippen molar-refractivity contribution in [3.05, 3.63) is 17.6 Å². The smallest absolute Gasteiger partial charge is 0.147 e. The molecule has 0 aliphatic heterocycles. The minimum absolute atomic E-state index is 0.241. The minimum Gasteiger partial charge on any atom is -0.390 e. The zero-order chi connectivity index (χ0) is 10.6. The summed E-state index contributed by atoms with van der Waals surface area (Å²) in [6, 6.07) is 0. The van der Waals surface area contributed by atoms with Crippen LogP contribution in [-0.4, -0.2) is 34.3 Å². The SMILES string of the molecule is Cc1cnc(C)c(NCC(O)CN)n1. The standard InChI is InChI=1S/C9H16N4O/c1-6-4-11-7(2)9(13-6)12-5-8(14)3-10/h4,8,14H,3,5,10H2,1-2H3,(H,12,13). The number of anilines is 1.